The van der Waals surface area contributed by atoms with E-state index < -0.39 is 11.8 Å². The van der Waals surface area contributed by atoms with Crippen molar-refractivity contribution in [1.29, 1.82) is 0 Å². The maximum Gasteiger partial charge on any atom is 0.356 e. The van der Waals surface area contributed by atoms with Crippen LogP contribution in [0, 0.1) is 5.41 Å². The van der Waals surface area contributed by atoms with Crippen LogP contribution in [-0.4, -0.2) is 36.7 Å². The van der Waals surface area contributed by atoms with Crippen LogP contribution in [0.1, 0.15) is 26.7 Å². The number of carbonyl (C=O) groups excluding carboxylic acids is 3. The lowest BCUT2D eigenvalue weighted by Crippen LogP contribution is -2.39. The summed E-state index contributed by atoms with van der Waals surface area (Å²) in [5.41, 5.74) is 3.41. The summed E-state index contributed by atoms with van der Waals surface area (Å²) in [5.74, 6) is -1.27. The molecule has 6 nitrogen and oxygen atoms in total. The van der Waals surface area contributed by atoms with Crippen LogP contribution in [0.4, 0.5) is 0 Å². The van der Waals surface area contributed by atoms with Crippen LogP contribution in [0.5, 0.6) is 0 Å². The fraction of sp³-hybridized carbons (Fsp3) is 0.500. The van der Waals surface area contributed by atoms with E-state index in [1.165, 1.54) is 7.11 Å². The van der Waals surface area contributed by atoms with E-state index >= 15 is 0 Å². The third-order valence-electron chi connectivity index (χ3n) is 3.47. The number of allylic oxidation sites excluding steroid dienone is 3. The number of nitrogens with one attached hydrogen (secondary N) is 1. The van der Waals surface area contributed by atoms with Crippen molar-refractivity contribution in [1.82, 2.24) is 10.4 Å². The number of carbonyl (C=O) groups is 3. The summed E-state index contributed by atoms with van der Waals surface area (Å²) in [6, 6.07) is 0. The Morgan fingerprint density at radius 1 is 1.35 bits per heavy atom. The highest BCUT2D eigenvalue weighted by molar-refractivity contribution is 6.26. The Labute approximate surface area is 117 Å². The van der Waals surface area contributed by atoms with Crippen LogP contribution in [0.15, 0.2) is 23.0 Å². The van der Waals surface area contributed by atoms with Crippen molar-refractivity contribution >= 4 is 17.5 Å². The molecule has 20 heavy (non-hydrogen) atoms. The predicted octanol–water partition coefficient (Wildman–Crippen LogP) is 0.706. The minimum Gasteiger partial charge on any atom is -0.464 e. The van der Waals surface area contributed by atoms with Crippen molar-refractivity contribution in [3.8, 4) is 0 Å². The zero-order chi connectivity index (χ0) is 15.1. The number of esters is 1. The molecule has 2 rings (SSSR count). The number of rotatable bonds is 1. The highest BCUT2D eigenvalue weighted by atomic mass is 16.5. The maximum absolute atomic E-state index is 12.2. The lowest BCUT2D eigenvalue weighted by Gasteiger charge is -2.35. The number of methoxy groups -OCH3 is 1. The van der Waals surface area contributed by atoms with E-state index in [9.17, 15) is 14.4 Å². The maximum atomic E-state index is 12.2. The van der Waals surface area contributed by atoms with E-state index in [0.29, 0.717) is 18.5 Å². The number of hydrogen-bond donors (Lipinski definition) is 1. The second-order valence-corrected chi connectivity index (χ2v) is 5.85. The van der Waals surface area contributed by atoms with Gasteiger partial charge in [0.2, 0.25) is 0 Å². The Balaban J connectivity index is 2.46. The molecular formula is C14H18N2O4. The Morgan fingerprint density at radius 2 is 2.00 bits per heavy atom. The molecule has 0 saturated heterocycles. The molecule has 0 spiro atoms. The molecule has 0 radical (unpaired) electrons. The van der Waals surface area contributed by atoms with E-state index in [-0.39, 0.29) is 22.5 Å². The molecule has 6 heteroatoms. The third-order valence-corrected chi connectivity index (χ3v) is 3.47. The van der Waals surface area contributed by atoms with E-state index in [4.69, 9.17) is 0 Å². The first kappa shape index (κ1) is 14.3. The molecule has 0 unspecified atom stereocenters. The Bertz CT molecular complexity index is 558. The van der Waals surface area contributed by atoms with Gasteiger partial charge in [-0.1, -0.05) is 13.8 Å². The normalized spacial score (nSPS) is 21.8. The summed E-state index contributed by atoms with van der Waals surface area (Å²) in [6.07, 6.45) is 2.04. The van der Waals surface area contributed by atoms with E-state index in [0.717, 1.165) is 6.08 Å². The van der Waals surface area contributed by atoms with Gasteiger partial charge >= 0.3 is 5.97 Å². The van der Waals surface area contributed by atoms with Gasteiger partial charge in [-0.25, -0.2) is 4.79 Å². The van der Waals surface area contributed by atoms with Crippen LogP contribution in [0.3, 0.4) is 0 Å². The second-order valence-electron chi connectivity index (χ2n) is 5.85. The summed E-state index contributed by atoms with van der Waals surface area (Å²) in [7, 11) is 2.92. The SMILES string of the molecule is COC(=O)C1=CC(=O)C2=C(CC(C)(C)CC2=O)N(C)N1. The van der Waals surface area contributed by atoms with Crippen molar-refractivity contribution in [3.63, 3.8) is 0 Å². The highest BCUT2D eigenvalue weighted by Gasteiger charge is 2.38. The van der Waals surface area contributed by atoms with Crippen molar-refractivity contribution in [2.75, 3.05) is 14.2 Å². The van der Waals surface area contributed by atoms with E-state index in [1.807, 2.05) is 13.8 Å². The molecule has 1 N–H and O–H groups in total. The number of Topliss-reactive ketones (excluding diaryl/α,β-unsaturated/α-hetero) is 1. The minimum absolute atomic E-state index is 0.0278. The monoisotopic (exact) mass is 278 g/mol. The standard InChI is InChI=1S/C14H18N2O4/c1-14(2)6-9-12(11(18)7-14)10(17)5-8(13(19)20-4)15-16(9)3/h5,15H,6-7H2,1-4H3. The molecule has 0 bridgehead atoms. The van der Waals surface area contributed by atoms with Crippen LogP contribution in [0.2, 0.25) is 0 Å². The van der Waals surface area contributed by atoms with Gasteiger partial charge in [-0.3, -0.25) is 20.0 Å². The molecule has 0 fully saturated rings. The van der Waals surface area contributed by atoms with Gasteiger partial charge in [0.15, 0.2) is 11.6 Å². The summed E-state index contributed by atoms with van der Waals surface area (Å²) in [4.78, 5) is 36.0. The van der Waals surface area contributed by atoms with Crippen LogP contribution in [-0.2, 0) is 19.1 Å². The second kappa shape index (κ2) is 4.77. The lowest BCUT2D eigenvalue weighted by atomic mass is 9.75. The topological polar surface area (TPSA) is 75.7 Å². The fourth-order valence-corrected chi connectivity index (χ4v) is 2.55. The van der Waals surface area contributed by atoms with Gasteiger partial charge < -0.3 is 4.74 Å². The van der Waals surface area contributed by atoms with E-state index in [2.05, 4.69) is 10.2 Å². The molecule has 0 saturated carbocycles. The summed E-state index contributed by atoms with van der Waals surface area (Å²) in [6.45, 7) is 3.96. The van der Waals surface area contributed by atoms with E-state index in [1.54, 1.807) is 12.1 Å². The molecule has 2 aliphatic rings. The molecule has 0 atom stereocenters. The van der Waals surface area contributed by atoms with Crippen molar-refractivity contribution in [2.24, 2.45) is 5.41 Å². The highest BCUT2D eigenvalue weighted by Crippen LogP contribution is 2.38. The first-order valence-corrected chi connectivity index (χ1v) is 6.36. The molecule has 1 heterocycles. The summed E-state index contributed by atoms with van der Waals surface area (Å²) < 4.78 is 4.61. The number of hydrazine groups is 1. The predicted molar refractivity (Wildman–Crippen MR) is 71.1 cm³/mol. The smallest absolute Gasteiger partial charge is 0.356 e. The third kappa shape index (κ3) is 2.45. The minimum atomic E-state index is -0.642. The molecular weight excluding hydrogens is 260 g/mol. The Hall–Kier alpha value is -2.11. The van der Waals surface area contributed by atoms with Gasteiger partial charge in [-0.05, 0) is 11.8 Å². The largest absolute Gasteiger partial charge is 0.464 e. The average Bonchev–Trinajstić information content (AvgIpc) is 2.45. The Morgan fingerprint density at radius 3 is 2.60 bits per heavy atom. The van der Waals surface area contributed by atoms with Gasteiger partial charge in [0, 0.05) is 25.2 Å². The first-order valence-electron chi connectivity index (χ1n) is 6.36. The molecule has 1 aliphatic heterocycles. The summed E-state index contributed by atoms with van der Waals surface area (Å²) in [5, 5.41) is 1.56. The molecule has 0 aromatic heterocycles. The molecule has 0 aromatic rings. The van der Waals surface area contributed by atoms with Gasteiger partial charge in [0.05, 0.1) is 12.7 Å². The van der Waals surface area contributed by atoms with Crippen LogP contribution >= 0.6 is 0 Å². The lowest BCUT2D eigenvalue weighted by molar-refractivity contribution is -0.137. The quantitative estimate of drug-likeness (QED) is 0.562. The average molecular weight is 278 g/mol. The molecule has 0 aromatic carbocycles. The van der Waals surface area contributed by atoms with Gasteiger partial charge in [0.25, 0.3) is 0 Å². The number of ketones is 2. The van der Waals surface area contributed by atoms with Crippen LogP contribution in [0.25, 0.3) is 0 Å². The zero-order valence-corrected chi connectivity index (χ0v) is 12.1. The molecule has 0 amide bonds. The zero-order valence-electron chi connectivity index (χ0n) is 12.1. The molecule has 1 aliphatic carbocycles. The van der Waals surface area contributed by atoms with Crippen molar-refractivity contribution < 1.29 is 19.1 Å². The van der Waals surface area contributed by atoms with Crippen LogP contribution < -0.4 is 5.43 Å². The van der Waals surface area contributed by atoms with Gasteiger partial charge in [0.1, 0.15) is 5.70 Å². The first-order chi connectivity index (χ1) is 9.25. The van der Waals surface area contributed by atoms with Gasteiger partial charge in [-0.2, -0.15) is 0 Å². The number of ether oxygens (including phenoxy) is 1. The van der Waals surface area contributed by atoms with Gasteiger partial charge in [-0.15, -0.1) is 0 Å². The number of nitrogens with zero attached hydrogens (tertiary/aromatic N) is 1. The Kier molecular flexibility index (Phi) is 3.41. The molecule has 108 valence electrons. The van der Waals surface area contributed by atoms with Crippen molar-refractivity contribution in [2.45, 2.75) is 26.7 Å². The fourth-order valence-electron chi connectivity index (χ4n) is 2.55. The number of hydrogen-bond acceptors (Lipinski definition) is 6. The summed E-state index contributed by atoms with van der Waals surface area (Å²) >= 11 is 0. The van der Waals surface area contributed by atoms with Crippen molar-refractivity contribution in [3.05, 3.63) is 23.0 Å².